The highest BCUT2D eigenvalue weighted by atomic mass is 16.6. The zero-order valence-corrected chi connectivity index (χ0v) is 14.4. The second kappa shape index (κ2) is 8.39. The lowest BCUT2D eigenvalue weighted by Gasteiger charge is -2.32. The van der Waals surface area contributed by atoms with E-state index in [2.05, 4.69) is 20.6 Å². The van der Waals surface area contributed by atoms with Crippen molar-refractivity contribution in [3.05, 3.63) is 22.5 Å². The minimum absolute atomic E-state index is 0.0182. The van der Waals surface area contributed by atoms with E-state index in [4.69, 9.17) is 0 Å². The van der Waals surface area contributed by atoms with Crippen LogP contribution in [0.15, 0.2) is 12.4 Å². The van der Waals surface area contributed by atoms with Crippen molar-refractivity contribution in [2.45, 2.75) is 38.3 Å². The maximum atomic E-state index is 12.1. The van der Waals surface area contributed by atoms with Gasteiger partial charge in [0.15, 0.2) is 0 Å². The predicted octanol–water partition coefficient (Wildman–Crippen LogP) is 0.372. The molecule has 2 fully saturated rings. The molecule has 3 heterocycles. The minimum atomic E-state index is -0.428. The molecule has 1 aromatic rings. The molecule has 2 aliphatic rings. The van der Waals surface area contributed by atoms with Crippen molar-refractivity contribution in [1.82, 2.24) is 25.3 Å². The van der Waals surface area contributed by atoms with Crippen LogP contribution in [0.25, 0.3) is 0 Å². The van der Waals surface area contributed by atoms with Crippen molar-refractivity contribution in [1.29, 1.82) is 0 Å². The van der Waals surface area contributed by atoms with Gasteiger partial charge in [0.05, 0.1) is 17.5 Å². The standard InChI is InChI=1S/C16H26N6O3/c23-16(15-4-1-5-17-15)18-9-13-3-2-6-20(11-13)7-8-21-12-14(10-19-21)22(24)25/h10,12-13,15,17H,1-9,11H2,(H,18,23). The van der Waals surface area contributed by atoms with Gasteiger partial charge in [-0.2, -0.15) is 5.10 Å². The molecule has 2 N–H and O–H groups in total. The molecule has 25 heavy (non-hydrogen) atoms. The molecule has 0 radical (unpaired) electrons. The molecule has 2 saturated heterocycles. The third-order valence-electron chi connectivity index (χ3n) is 5.02. The Kier molecular flexibility index (Phi) is 5.98. The molecule has 138 valence electrons. The van der Waals surface area contributed by atoms with Crippen LogP contribution >= 0.6 is 0 Å². The molecule has 1 aromatic heterocycles. The van der Waals surface area contributed by atoms with E-state index in [0.717, 1.165) is 58.4 Å². The number of amides is 1. The number of carbonyl (C=O) groups is 1. The SMILES string of the molecule is O=C(NCC1CCCN(CCn2cc([N+](=O)[O-])cn2)C1)C1CCCN1. The Bertz CT molecular complexity index is 598. The Hall–Kier alpha value is -2.00. The average molecular weight is 350 g/mol. The van der Waals surface area contributed by atoms with Gasteiger partial charge in [0, 0.05) is 19.6 Å². The molecule has 0 aromatic carbocycles. The topological polar surface area (TPSA) is 105 Å². The minimum Gasteiger partial charge on any atom is -0.354 e. The maximum Gasteiger partial charge on any atom is 0.306 e. The smallest absolute Gasteiger partial charge is 0.306 e. The first-order valence-electron chi connectivity index (χ1n) is 9.02. The van der Waals surface area contributed by atoms with Crippen molar-refractivity contribution >= 4 is 11.6 Å². The van der Waals surface area contributed by atoms with Gasteiger partial charge in [0.1, 0.15) is 12.4 Å². The summed E-state index contributed by atoms with van der Waals surface area (Å²) in [5.41, 5.74) is 0.0276. The first-order chi connectivity index (χ1) is 12.1. The first kappa shape index (κ1) is 17.8. The van der Waals surface area contributed by atoms with Crippen molar-refractivity contribution in [3.8, 4) is 0 Å². The largest absolute Gasteiger partial charge is 0.354 e. The quantitative estimate of drug-likeness (QED) is 0.544. The third kappa shape index (κ3) is 4.99. The lowest BCUT2D eigenvalue weighted by molar-refractivity contribution is -0.385. The number of nitrogens with one attached hydrogen (secondary N) is 2. The molecule has 0 aliphatic carbocycles. The van der Waals surface area contributed by atoms with Crippen molar-refractivity contribution in [2.24, 2.45) is 5.92 Å². The van der Waals surface area contributed by atoms with Crippen LogP contribution in [-0.2, 0) is 11.3 Å². The van der Waals surface area contributed by atoms with Gasteiger partial charge in [0.2, 0.25) is 5.91 Å². The monoisotopic (exact) mass is 350 g/mol. The number of hydrogen-bond donors (Lipinski definition) is 2. The highest BCUT2D eigenvalue weighted by Crippen LogP contribution is 2.16. The highest BCUT2D eigenvalue weighted by molar-refractivity contribution is 5.81. The van der Waals surface area contributed by atoms with Crippen LogP contribution in [0.2, 0.25) is 0 Å². The summed E-state index contributed by atoms with van der Waals surface area (Å²) in [6.07, 6.45) is 6.99. The normalized spacial score (nSPS) is 24.3. The molecule has 3 rings (SSSR count). The molecular weight excluding hydrogens is 324 g/mol. The Morgan fingerprint density at radius 3 is 3.00 bits per heavy atom. The highest BCUT2D eigenvalue weighted by Gasteiger charge is 2.24. The van der Waals surface area contributed by atoms with E-state index in [9.17, 15) is 14.9 Å². The van der Waals surface area contributed by atoms with Gasteiger partial charge in [-0.1, -0.05) is 0 Å². The number of hydrogen-bond acceptors (Lipinski definition) is 6. The van der Waals surface area contributed by atoms with Crippen molar-refractivity contribution in [3.63, 3.8) is 0 Å². The second-order valence-electron chi connectivity index (χ2n) is 6.92. The Balaban J connectivity index is 1.39. The van der Waals surface area contributed by atoms with E-state index in [1.54, 1.807) is 4.68 Å². The van der Waals surface area contributed by atoms with Gasteiger partial charge in [-0.05, 0) is 44.7 Å². The van der Waals surface area contributed by atoms with E-state index in [-0.39, 0.29) is 17.6 Å². The Labute approximate surface area is 146 Å². The molecule has 2 unspecified atom stereocenters. The third-order valence-corrected chi connectivity index (χ3v) is 5.02. The van der Waals surface area contributed by atoms with Crippen molar-refractivity contribution in [2.75, 3.05) is 32.7 Å². The van der Waals surface area contributed by atoms with E-state index in [1.807, 2.05) is 0 Å². The molecule has 0 spiro atoms. The van der Waals surface area contributed by atoms with Gasteiger partial charge < -0.3 is 15.5 Å². The maximum absolute atomic E-state index is 12.1. The summed E-state index contributed by atoms with van der Waals surface area (Å²) in [5.74, 6) is 0.588. The number of rotatable bonds is 7. The molecule has 0 saturated carbocycles. The van der Waals surface area contributed by atoms with E-state index >= 15 is 0 Å². The van der Waals surface area contributed by atoms with Crippen LogP contribution in [0, 0.1) is 16.0 Å². The van der Waals surface area contributed by atoms with Crippen LogP contribution in [0.4, 0.5) is 5.69 Å². The van der Waals surface area contributed by atoms with Gasteiger partial charge in [-0.25, -0.2) is 0 Å². The number of nitrogens with zero attached hydrogens (tertiary/aromatic N) is 4. The first-order valence-corrected chi connectivity index (χ1v) is 9.02. The summed E-state index contributed by atoms with van der Waals surface area (Å²) in [6, 6.07) is -0.0182. The number of aromatic nitrogens is 2. The lowest BCUT2D eigenvalue weighted by Crippen LogP contribution is -2.46. The van der Waals surface area contributed by atoms with E-state index in [1.165, 1.54) is 12.4 Å². The fraction of sp³-hybridized carbons (Fsp3) is 0.750. The number of nitro groups is 1. The number of piperidine rings is 1. The molecule has 2 aliphatic heterocycles. The summed E-state index contributed by atoms with van der Waals surface area (Å²) in [4.78, 5) is 24.7. The van der Waals surface area contributed by atoms with Crippen LogP contribution in [0.1, 0.15) is 25.7 Å². The second-order valence-corrected chi connectivity index (χ2v) is 6.92. The molecule has 1 amide bonds. The molecule has 9 nitrogen and oxygen atoms in total. The average Bonchev–Trinajstić information content (AvgIpc) is 3.30. The predicted molar refractivity (Wildman–Crippen MR) is 92.1 cm³/mol. The zero-order chi connectivity index (χ0) is 17.6. The Morgan fingerprint density at radius 1 is 1.40 bits per heavy atom. The van der Waals surface area contributed by atoms with Crippen molar-refractivity contribution < 1.29 is 9.72 Å². The van der Waals surface area contributed by atoms with Gasteiger partial charge in [-0.3, -0.25) is 19.6 Å². The van der Waals surface area contributed by atoms with Crippen LogP contribution in [0.5, 0.6) is 0 Å². The van der Waals surface area contributed by atoms with Gasteiger partial charge in [0.25, 0.3) is 0 Å². The van der Waals surface area contributed by atoms with E-state index in [0.29, 0.717) is 12.5 Å². The molecule has 2 atom stereocenters. The van der Waals surface area contributed by atoms with Crippen LogP contribution < -0.4 is 10.6 Å². The summed E-state index contributed by atoms with van der Waals surface area (Å²) < 4.78 is 1.62. The number of likely N-dealkylation sites (tertiary alicyclic amines) is 1. The summed E-state index contributed by atoms with van der Waals surface area (Å²) in [7, 11) is 0. The zero-order valence-electron chi connectivity index (χ0n) is 14.4. The van der Waals surface area contributed by atoms with Crippen LogP contribution in [-0.4, -0.2) is 64.3 Å². The summed E-state index contributed by atoms with van der Waals surface area (Å²) in [6.45, 7) is 5.08. The summed E-state index contributed by atoms with van der Waals surface area (Å²) in [5, 5.41) is 21.0. The molecule has 0 bridgehead atoms. The lowest BCUT2D eigenvalue weighted by atomic mass is 9.98. The number of carbonyl (C=O) groups excluding carboxylic acids is 1. The van der Waals surface area contributed by atoms with Crippen LogP contribution in [0.3, 0.4) is 0 Å². The fourth-order valence-corrected chi connectivity index (χ4v) is 3.61. The fourth-order valence-electron chi connectivity index (χ4n) is 3.61. The molecular formula is C16H26N6O3. The van der Waals surface area contributed by atoms with Gasteiger partial charge >= 0.3 is 5.69 Å². The summed E-state index contributed by atoms with van der Waals surface area (Å²) >= 11 is 0. The van der Waals surface area contributed by atoms with E-state index < -0.39 is 4.92 Å². The Morgan fingerprint density at radius 2 is 2.28 bits per heavy atom. The van der Waals surface area contributed by atoms with Gasteiger partial charge in [-0.15, -0.1) is 0 Å². The molecule has 9 heteroatoms.